The molecular formula is C40H44N2O6. The average Bonchev–Trinajstić information content (AvgIpc) is 3.07. The molecule has 2 amide bonds. The fourth-order valence-corrected chi connectivity index (χ4v) is 4.88. The second-order valence-corrected chi connectivity index (χ2v) is 13.6. The number of hydrogen-bond acceptors (Lipinski definition) is 6. The molecule has 4 rings (SSSR count). The van der Waals surface area contributed by atoms with Crippen molar-refractivity contribution in [2.24, 2.45) is 5.41 Å². The monoisotopic (exact) mass is 648 g/mol. The van der Waals surface area contributed by atoms with Crippen molar-refractivity contribution in [3.63, 3.8) is 0 Å². The largest absolute Gasteiger partial charge is 0.457 e. The van der Waals surface area contributed by atoms with Crippen LogP contribution < -0.4 is 10.6 Å². The van der Waals surface area contributed by atoms with Gasteiger partial charge in [-0.15, -0.1) is 0 Å². The lowest BCUT2D eigenvalue weighted by Crippen LogP contribution is -2.26. The Hall–Kier alpha value is -5.08. The van der Waals surface area contributed by atoms with Crippen LogP contribution in [-0.4, -0.2) is 29.2 Å². The second kappa shape index (κ2) is 15.7. The second-order valence-electron chi connectivity index (χ2n) is 13.6. The Bertz CT molecular complexity index is 1780. The van der Waals surface area contributed by atoms with E-state index in [-0.39, 0.29) is 41.9 Å². The molecule has 4 aromatic carbocycles. The molecule has 0 aliphatic rings. The first-order valence-electron chi connectivity index (χ1n) is 16.0. The van der Waals surface area contributed by atoms with Crippen molar-refractivity contribution in [3.05, 3.63) is 142 Å². The van der Waals surface area contributed by atoms with E-state index in [2.05, 4.69) is 10.6 Å². The van der Waals surface area contributed by atoms with E-state index >= 15 is 0 Å². The van der Waals surface area contributed by atoms with E-state index in [9.17, 15) is 19.2 Å². The highest BCUT2D eigenvalue weighted by Crippen LogP contribution is 2.22. The Morgan fingerprint density at radius 1 is 0.583 bits per heavy atom. The van der Waals surface area contributed by atoms with Crippen LogP contribution in [0.1, 0.15) is 105 Å². The molecule has 0 fully saturated rings. The zero-order valence-corrected chi connectivity index (χ0v) is 28.5. The molecule has 0 atom stereocenters. The van der Waals surface area contributed by atoms with E-state index in [1.54, 1.807) is 48.5 Å². The van der Waals surface area contributed by atoms with Crippen LogP contribution in [0.2, 0.25) is 0 Å². The maximum atomic E-state index is 13.2. The third-order valence-corrected chi connectivity index (χ3v) is 7.48. The first kappa shape index (κ1) is 35.8. The fraction of sp³-hybridized carbons (Fsp3) is 0.300. The van der Waals surface area contributed by atoms with Gasteiger partial charge in [-0.2, -0.15) is 0 Å². The van der Waals surface area contributed by atoms with Crippen LogP contribution in [0.4, 0.5) is 0 Å². The number of esters is 1. The smallest absolute Gasteiger partial charge is 0.338 e. The lowest BCUT2D eigenvalue weighted by Gasteiger charge is -2.20. The highest BCUT2D eigenvalue weighted by molar-refractivity contribution is 6.02. The van der Waals surface area contributed by atoms with Gasteiger partial charge in [-0.05, 0) is 61.7 Å². The first-order chi connectivity index (χ1) is 22.7. The van der Waals surface area contributed by atoms with Crippen molar-refractivity contribution in [2.45, 2.75) is 73.4 Å². The van der Waals surface area contributed by atoms with E-state index in [1.165, 1.54) is 6.07 Å². The Kier molecular flexibility index (Phi) is 11.7. The molecule has 0 aliphatic carbocycles. The van der Waals surface area contributed by atoms with Gasteiger partial charge in [0, 0.05) is 40.8 Å². The SMILES string of the molecule is CC(C)(C)OCc1ccccc1C(=O)NCc1cccc(CNC(=O)c2ccccc2COC(=O)c2cccc(C(=O)C(C)(C)C)c2)c1. The molecule has 8 nitrogen and oxygen atoms in total. The van der Waals surface area contributed by atoms with Gasteiger partial charge in [-0.3, -0.25) is 14.4 Å². The Morgan fingerprint density at radius 3 is 1.62 bits per heavy atom. The predicted octanol–water partition coefficient (Wildman–Crippen LogP) is 7.45. The van der Waals surface area contributed by atoms with Gasteiger partial charge in [0.1, 0.15) is 6.61 Å². The van der Waals surface area contributed by atoms with Crippen molar-refractivity contribution in [2.75, 3.05) is 0 Å². The molecule has 0 spiro atoms. The summed E-state index contributed by atoms with van der Waals surface area (Å²) >= 11 is 0. The number of carbonyl (C=O) groups excluding carboxylic acids is 4. The number of benzene rings is 4. The molecule has 0 saturated heterocycles. The van der Waals surface area contributed by atoms with Crippen LogP contribution in [-0.2, 0) is 35.8 Å². The molecule has 0 radical (unpaired) electrons. The molecule has 48 heavy (non-hydrogen) atoms. The van der Waals surface area contributed by atoms with E-state index in [4.69, 9.17) is 9.47 Å². The number of rotatable bonds is 12. The first-order valence-corrected chi connectivity index (χ1v) is 16.0. The molecule has 0 aromatic heterocycles. The maximum Gasteiger partial charge on any atom is 0.338 e. The molecule has 0 aliphatic heterocycles. The summed E-state index contributed by atoms with van der Waals surface area (Å²) in [5.74, 6) is -1.16. The predicted molar refractivity (Wildman–Crippen MR) is 186 cm³/mol. The molecule has 250 valence electrons. The molecule has 2 N–H and O–H groups in total. The summed E-state index contributed by atoms with van der Waals surface area (Å²) in [4.78, 5) is 51.8. The molecule has 0 heterocycles. The highest BCUT2D eigenvalue weighted by Gasteiger charge is 2.24. The van der Waals surface area contributed by atoms with E-state index in [0.717, 1.165) is 16.7 Å². The van der Waals surface area contributed by atoms with Crippen LogP contribution in [0, 0.1) is 5.41 Å². The molecule has 0 unspecified atom stereocenters. The molecule has 8 heteroatoms. The Labute approximate surface area is 282 Å². The van der Waals surface area contributed by atoms with Crippen molar-refractivity contribution in [1.29, 1.82) is 0 Å². The lowest BCUT2D eigenvalue weighted by molar-refractivity contribution is -0.0152. The topological polar surface area (TPSA) is 111 Å². The number of hydrogen-bond donors (Lipinski definition) is 2. The van der Waals surface area contributed by atoms with Gasteiger partial charge < -0.3 is 20.1 Å². The van der Waals surface area contributed by atoms with E-state index in [0.29, 0.717) is 35.4 Å². The summed E-state index contributed by atoms with van der Waals surface area (Å²) in [6.07, 6.45) is 0. The fourth-order valence-electron chi connectivity index (χ4n) is 4.88. The molecule has 4 aromatic rings. The maximum absolute atomic E-state index is 13.2. The minimum Gasteiger partial charge on any atom is -0.457 e. The quantitative estimate of drug-likeness (QED) is 0.122. The zero-order valence-electron chi connectivity index (χ0n) is 28.5. The summed E-state index contributed by atoms with van der Waals surface area (Å²) in [5.41, 5.74) is 3.88. The summed E-state index contributed by atoms with van der Waals surface area (Å²) in [7, 11) is 0. The van der Waals surface area contributed by atoms with Crippen molar-refractivity contribution < 1.29 is 28.7 Å². The number of nitrogens with one attached hydrogen (secondary N) is 2. The minimum atomic E-state index is -0.584. The van der Waals surface area contributed by atoms with Gasteiger partial charge in [-0.25, -0.2) is 4.79 Å². The zero-order chi connectivity index (χ0) is 34.9. The number of ether oxygens (including phenoxy) is 2. The van der Waals surface area contributed by atoms with Crippen LogP contribution in [0.15, 0.2) is 97.1 Å². The van der Waals surface area contributed by atoms with Crippen LogP contribution >= 0.6 is 0 Å². The highest BCUT2D eigenvalue weighted by atomic mass is 16.5. The van der Waals surface area contributed by atoms with Crippen molar-refractivity contribution in [3.8, 4) is 0 Å². The molecular weight excluding hydrogens is 604 g/mol. The third-order valence-electron chi connectivity index (χ3n) is 7.48. The van der Waals surface area contributed by atoms with Gasteiger partial charge in [0.05, 0.1) is 17.8 Å². The standard InChI is InChI=1S/C40H44N2O6/c1-39(2,3)35(43)29-17-12-18-30(22-29)38(46)47-25-31-15-7-9-19-33(31)36(44)41-23-27-13-11-14-28(21-27)24-42-37(45)34-20-10-8-16-32(34)26-48-40(4,5)6/h7-22H,23-26H2,1-6H3,(H,41,44)(H,42,45). The average molecular weight is 649 g/mol. The van der Waals surface area contributed by atoms with Crippen LogP contribution in [0.25, 0.3) is 0 Å². The van der Waals surface area contributed by atoms with Gasteiger partial charge in [0.15, 0.2) is 5.78 Å². The summed E-state index contributed by atoms with van der Waals surface area (Å²) in [6.45, 7) is 12.2. The van der Waals surface area contributed by atoms with Gasteiger partial charge in [0.25, 0.3) is 11.8 Å². The molecule has 0 bridgehead atoms. The summed E-state index contributed by atoms with van der Waals surface area (Å²) in [6, 6.07) is 28.4. The summed E-state index contributed by atoms with van der Waals surface area (Å²) < 4.78 is 11.4. The van der Waals surface area contributed by atoms with Gasteiger partial charge in [0.2, 0.25) is 0 Å². The third kappa shape index (κ3) is 10.2. The molecule has 0 saturated carbocycles. The van der Waals surface area contributed by atoms with Crippen molar-refractivity contribution >= 4 is 23.6 Å². The van der Waals surface area contributed by atoms with E-state index in [1.807, 2.05) is 84.0 Å². The minimum absolute atomic E-state index is 0.0715. The normalized spacial score (nSPS) is 11.5. The Balaban J connectivity index is 1.33. The van der Waals surface area contributed by atoms with Gasteiger partial charge in [-0.1, -0.05) is 93.6 Å². The van der Waals surface area contributed by atoms with Crippen molar-refractivity contribution in [1.82, 2.24) is 10.6 Å². The van der Waals surface area contributed by atoms with Crippen LogP contribution in [0.3, 0.4) is 0 Å². The number of amides is 2. The number of ketones is 1. The Morgan fingerprint density at radius 2 is 1.08 bits per heavy atom. The van der Waals surface area contributed by atoms with Gasteiger partial charge >= 0.3 is 5.97 Å². The number of Topliss-reactive ketones (excluding diaryl/α,β-unsaturated/α-hetero) is 1. The van der Waals surface area contributed by atoms with E-state index < -0.39 is 11.4 Å². The number of carbonyl (C=O) groups is 4. The lowest BCUT2D eigenvalue weighted by atomic mass is 9.86. The van der Waals surface area contributed by atoms with Crippen LogP contribution in [0.5, 0.6) is 0 Å². The summed E-state index contributed by atoms with van der Waals surface area (Å²) in [5, 5.41) is 5.93.